The van der Waals surface area contributed by atoms with Crippen molar-refractivity contribution >= 4 is 6.09 Å². The number of nitrogens with zero attached hydrogens (tertiary/aromatic N) is 1. The zero-order chi connectivity index (χ0) is 15.4. The smallest absolute Gasteiger partial charge is 0.412 e. The maximum atomic E-state index is 12.2. The van der Waals surface area contributed by atoms with E-state index in [9.17, 15) is 4.79 Å². The summed E-state index contributed by atoms with van der Waals surface area (Å²) in [6.45, 7) is 2.52. The topological polar surface area (TPSA) is 38.8 Å². The summed E-state index contributed by atoms with van der Waals surface area (Å²) < 4.78 is 11.1. The average molecular weight is 297 g/mol. The fourth-order valence-electron chi connectivity index (χ4n) is 2.62. The normalized spacial score (nSPS) is 20.9. The van der Waals surface area contributed by atoms with Crippen LogP contribution in [0, 0.1) is 0 Å². The van der Waals surface area contributed by atoms with Crippen LogP contribution in [0.1, 0.15) is 24.2 Å². The van der Waals surface area contributed by atoms with Crippen molar-refractivity contribution in [3.8, 4) is 0 Å². The predicted octanol–water partition coefficient (Wildman–Crippen LogP) is 3.74. The van der Waals surface area contributed by atoms with Gasteiger partial charge in [-0.25, -0.2) is 4.79 Å². The Kier molecular flexibility index (Phi) is 4.39. The number of amides is 1. The summed E-state index contributed by atoms with van der Waals surface area (Å²) in [4.78, 5) is 13.9. The highest BCUT2D eigenvalue weighted by molar-refractivity contribution is 5.68. The quantitative estimate of drug-likeness (QED) is 0.866. The maximum absolute atomic E-state index is 12.2. The van der Waals surface area contributed by atoms with E-state index < -0.39 is 0 Å². The molecule has 0 aromatic heterocycles. The van der Waals surface area contributed by atoms with Crippen LogP contribution in [0.4, 0.5) is 4.79 Å². The van der Waals surface area contributed by atoms with Gasteiger partial charge >= 0.3 is 6.09 Å². The van der Waals surface area contributed by atoms with Crippen LogP contribution in [0.5, 0.6) is 0 Å². The summed E-state index contributed by atoms with van der Waals surface area (Å²) in [7, 11) is 0. The van der Waals surface area contributed by atoms with Crippen molar-refractivity contribution in [2.24, 2.45) is 0 Å². The molecule has 4 nitrogen and oxygen atoms in total. The van der Waals surface area contributed by atoms with Crippen LogP contribution in [0.15, 0.2) is 60.7 Å². The van der Waals surface area contributed by atoms with E-state index in [1.165, 1.54) is 0 Å². The minimum Gasteiger partial charge on any atom is -0.444 e. The van der Waals surface area contributed by atoms with Crippen LogP contribution in [0.3, 0.4) is 0 Å². The molecule has 0 bridgehead atoms. The lowest BCUT2D eigenvalue weighted by Crippen LogP contribution is -2.35. The second kappa shape index (κ2) is 6.62. The molecule has 0 N–H and O–H groups in total. The lowest BCUT2D eigenvalue weighted by Gasteiger charge is -2.21. The molecule has 114 valence electrons. The first-order valence-corrected chi connectivity index (χ1v) is 7.39. The van der Waals surface area contributed by atoms with E-state index in [4.69, 9.17) is 9.47 Å². The number of hydrogen-bond acceptors (Lipinski definition) is 3. The molecule has 0 unspecified atom stereocenters. The Morgan fingerprint density at radius 3 is 2.45 bits per heavy atom. The van der Waals surface area contributed by atoms with Gasteiger partial charge in [-0.3, -0.25) is 4.90 Å². The molecule has 1 heterocycles. The van der Waals surface area contributed by atoms with E-state index in [2.05, 4.69) is 0 Å². The van der Waals surface area contributed by atoms with Gasteiger partial charge < -0.3 is 9.47 Å². The van der Waals surface area contributed by atoms with Crippen LogP contribution >= 0.6 is 0 Å². The van der Waals surface area contributed by atoms with Crippen LogP contribution in [-0.2, 0) is 16.1 Å². The summed E-state index contributed by atoms with van der Waals surface area (Å²) in [5.41, 5.74) is 2.05. The van der Waals surface area contributed by atoms with Gasteiger partial charge in [0, 0.05) is 0 Å². The highest BCUT2D eigenvalue weighted by Gasteiger charge is 2.36. The predicted molar refractivity (Wildman–Crippen MR) is 83.1 cm³/mol. The average Bonchev–Trinajstić information content (AvgIpc) is 2.96. The van der Waals surface area contributed by atoms with Gasteiger partial charge in [-0.1, -0.05) is 60.7 Å². The van der Waals surface area contributed by atoms with E-state index in [1.807, 2.05) is 67.6 Å². The Morgan fingerprint density at radius 2 is 1.77 bits per heavy atom. The molecule has 1 aliphatic heterocycles. The number of rotatable bonds is 3. The van der Waals surface area contributed by atoms with Gasteiger partial charge in [0.2, 0.25) is 0 Å². The Morgan fingerprint density at radius 1 is 1.14 bits per heavy atom. The van der Waals surface area contributed by atoms with E-state index in [0.717, 1.165) is 11.1 Å². The Hall–Kier alpha value is -2.33. The Bertz CT molecular complexity index is 615. The number of ether oxygens (including phenoxy) is 2. The molecule has 22 heavy (non-hydrogen) atoms. The molecule has 1 aliphatic rings. The SMILES string of the molecule is C[C@H]1[C@@H](c2ccccc2)OCN1C(=O)OCc1ccccc1. The first kappa shape index (κ1) is 14.6. The number of carbonyl (C=O) groups is 1. The third-order valence-corrected chi connectivity index (χ3v) is 3.89. The molecule has 0 spiro atoms. The van der Waals surface area contributed by atoms with Gasteiger partial charge in [-0.15, -0.1) is 0 Å². The van der Waals surface area contributed by atoms with Gasteiger partial charge in [-0.2, -0.15) is 0 Å². The van der Waals surface area contributed by atoms with E-state index in [-0.39, 0.29) is 31.6 Å². The largest absolute Gasteiger partial charge is 0.444 e. The standard InChI is InChI=1S/C18H19NO3/c1-14-17(16-10-6-3-7-11-16)22-13-19(14)18(20)21-12-15-8-4-2-5-9-15/h2-11,14,17H,12-13H2,1H3/t14-,17-/m0/s1. The zero-order valence-electron chi connectivity index (χ0n) is 12.5. The maximum Gasteiger partial charge on any atom is 0.412 e. The fourth-order valence-corrected chi connectivity index (χ4v) is 2.62. The molecule has 1 amide bonds. The van der Waals surface area contributed by atoms with Crippen LogP contribution in [0.25, 0.3) is 0 Å². The molecule has 0 radical (unpaired) electrons. The van der Waals surface area contributed by atoms with E-state index in [1.54, 1.807) is 4.90 Å². The molecule has 0 saturated carbocycles. The highest BCUT2D eigenvalue weighted by Crippen LogP contribution is 2.31. The van der Waals surface area contributed by atoms with E-state index in [0.29, 0.717) is 0 Å². The number of carbonyl (C=O) groups excluding carboxylic acids is 1. The first-order valence-electron chi connectivity index (χ1n) is 7.39. The Balaban J connectivity index is 1.60. The number of hydrogen-bond donors (Lipinski definition) is 0. The monoisotopic (exact) mass is 297 g/mol. The Labute approximate surface area is 130 Å². The first-order chi connectivity index (χ1) is 10.8. The molecule has 0 aliphatic carbocycles. The lowest BCUT2D eigenvalue weighted by molar-refractivity contribution is 0.0677. The third kappa shape index (κ3) is 3.12. The molecular formula is C18H19NO3. The van der Waals surface area contributed by atoms with Crippen molar-refractivity contribution in [1.82, 2.24) is 4.90 Å². The minimum atomic E-state index is -0.338. The van der Waals surface area contributed by atoms with Crippen LogP contribution in [-0.4, -0.2) is 23.8 Å². The van der Waals surface area contributed by atoms with Gasteiger partial charge in [0.05, 0.1) is 6.04 Å². The van der Waals surface area contributed by atoms with Crippen molar-refractivity contribution in [3.05, 3.63) is 71.8 Å². The summed E-state index contributed by atoms with van der Waals surface area (Å²) in [6, 6.07) is 19.6. The van der Waals surface area contributed by atoms with Crippen molar-refractivity contribution in [3.63, 3.8) is 0 Å². The summed E-state index contributed by atoms with van der Waals surface area (Å²) in [6.07, 6.45) is -0.444. The minimum absolute atomic E-state index is 0.0503. The summed E-state index contributed by atoms with van der Waals surface area (Å²) in [5.74, 6) is 0. The van der Waals surface area contributed by atoms with Gasteiger partial charge in [-0.05, 0) is 18.1 Å². The van der Waals surface area contributed by atoms with Crippen LogP contribution < -0.4 is 0 Å². The fraction of sp³-hybridized carbons (Fsp3) is 0.278. The second-order valence-electron chi connectivity index (χ2n) is 5.38. The van der Waals surface area contributed by atoms with Crippen molar-refractivity contribution < 1.29 is 14.3 Å². The van der Waals surface area contributed by atoms with Crippen molar-refractivity contribution in [2.75, 3.05) is 6.73 Å². The summed E-state index contributed by atoms with van der Waals surface area (Å²) >= 11 is 0. The van der Waals surface area contributed by atoms with Crippen molar-refractivity contribution in [1.29, 1.82) is 0 Å². The lowest BCUT2D eigenvalue weighted by atomic mass is 10.0. The second-order valence-corrected chi connectivity index (χ2v) is 5.38. The molecule has 1 saturated heterocycles. The molecule has 3 rings (SSSR count). The van der Waals surface area contributed by atoms with Crippen molar-refractivity contribution in [2.45, 2.75) is 25.7 Å². The molecule has 2 atom stereocenters. The molecule has 2 aromatic rings. The van der Waals surface area contributed by atoms with Gasteiger partial charge in [0.15, 0.2) is 0 Å². The molecule has 4 heteroatoms. The van der Waals surface area contributed by atoms with Gasteiger partial charge in [0.1, 0.15) is 19.4 Å². The highest BCUT2D eigenvalue weighted by atomic mass is 16.6. The van der Waals surface area contributed by atoms with Gasteiger partial charge in [0.25, 0.3) is 0 Å². The number of benzene rings is 2. The van der Waals surface area contributed by atoms with E-state index >= 15 is 0 Å². The third-order valence-electron chi connectivity index (χ3n) is 3.89. The van der Waals surface area contributed by atoms with Crippen LogP contribution in [0.2, 0.25) is 0 Å². The molecule has 2 aromatic carbocycles. The summed E-state index contributed by atoms with van der Waals surface area (Å²) in [5, 5.41) is 0. The molecular weight excluding hydrogens is 278 g/mol. The zero-order valence-corrected chi connectivity index (χ0v) is 12.5. The molecule has 1 fully saturated rings.